The van der Waals surface area contributed by atoms with E-state index in [4.69, 9.17) is 17.3 Å². The van der Waals surface area contributed by atoms with E-state index in [0.717, 1.165) is 17.9 Å². The minimum Gasteiger partial charge on any atom is -0.397 e. The maximum atomic E-state index is 13.2. The lowest BCUT2D eigenvalue weighted by Crippen LogP contribution is -2.31. The second-order valence-corrected chi connectivity index (χ2v) is 5.51. The molecule has 0 saturated carbocycles. The molecular formula is C11H14ClFN2S. The molecule has 16 heavy (non-hydrogen) atoms. The topological polar surface area (TPSA) is 29.3 Å². The van der Waals surface area contributed by atoms with Crippen molar-refractivity contribution in [2.24, 2.45) is 0 Å². The summed E-state index contributed by atoms with van der Waals surface area (Å²) in [5.41, 5.74) is 7.08. The molecule has 1 atom stereocenters. The summed E-state index contributed by atoms with van der Waals surface area (Å²) in [6.07, 6.45) is 1.13. The molecule has 1 aromatic rings. The molecule has 0 bridgehead atoms. The minimum absolute atomic E-state index is 0.127. The predicted octanol–water partition coefficient (Wildman–Crippen LogP) is 3.00. The number of thioether (sulfide) groups is 1. The van der Waals surface area contributed by atoms with Crippen LogP contribution in [0.3, 0.4) is 0 Å². The molecule has 88 valence electrons. The second-order valence-electron chi connectivity index (χ2n) is 3.95. The van der Waals surface area contributed by atoms with E-state index in [-0.39, 0.29) is 5.02 Å². The third-order valence-electron chi connectivity index (χ3n) is 2.90. The first-order chi connectivity index (χ1) is 7.59. The van der Waals surface area contributed by atoms with Crippen LogP contribution >= 0.6 is 23.4 Å². The van der Waals surface area contributed by atoms with E-state index in [2.05, 4.69) is 4.90 Å². The van der Waals surface area contributed by atoms with Gasteiger partial charge in [-0.25, -0.2) is 4.39 Å². The highest BCUT2D eigenvalue weighted by molar-refractivity contribution is 7.99. The maximum Gasteiger partial charge on any atom is 0.143 e. The third-order valence-corrected chi connectivity index (χ3v) is 4.34. The van der Waals surface area contributed by atoms with Crippen LogP contribution < -0.4 is 10.6 Å². The fourth-order valence-electron chi connectivity index (χ4n) is 1.88. The van der Waals surface area contributed by atoms with Crippen molar-refractivity contribution < 1.29 is 4.39 Å². The number of hydrogen-bond donors (Lipinski definition) is 1. The highest BCUT2D eigenvalue weighted by Gasteiger charge is 2.22. The summed E-state index contributed by atoms with van der Waals surface area (Å²) in [6, 6.07) is 3.36. The highest BCUT2D eigenvalue weighted by atomic mass is 35.5. The van der Waals surface area contributed by atoms with Gasteiger partial charge in [0.25, 0.3) is 0 Å². The van der Waals surface area contributed by atoms with E-state index >= 15 is 0 Å². The molecule has 2 rings (SSSR count). The van der Waals surface area contributed by atoms with Crippen LogP contribution in [0.15, 0.2) is 12.1 Å². The number of hydrogen-bond acceptors (Lipinski definition) is 3. The average Bonchev–Trinajstić information content (AvgIpc) is 2.75. The van der Waals surface area contributed by atoms with Crippen molar-refractivity contribution in [2.75, 3.05) is 29.2 Å². The van der Waals surface area contributed by atoms with Crippen LogP contribution in [0.25, 0.3) is 0 Å². The van der Waals surface area contributed by atoms with Gasteiger partial charge in [-0.1, -0.05) is 11.6 Å². The largest absolute Gasteiger partial charge is 0.397 e. The smallest absolute Gasteiger partial charge is 0.143 e. The lowest BCUT2D eigenvalue weighted by atomic mass is 10.2. The van der Waals surface area contributed by atoms with Gasteiger partial charge in [0.2, 0.25) is 0 Å². The molecule has 1 aliphatic heterocycles. The molecule has 1 saturated heterocycles. The molecule has 1 heterocycles. The number of benzene rings is 1. The normalized spacial score (nSPS) is 20.1. The van der Waals surface area contributed by atoms with Gasteiger partial charge >= 0.3 is 0 Å². The van der Waals surface area contributed by atoms with Crippen LogP contribution in [0.4, 0.5) is 15.8 Å². The third kappa shape index (κ3) is 2.23. The SMILES string of the molecule is CN(c1cc(Cl)c(F)cc1N)C1CCSC1. The first-order valence-electron chi connectivity index (χ1n) is 5.14. The Morgan fingerprint density at radius 2 is 2.31 bits per heavy atom. The summed E-state index contributed by atoms with van der Waals surface area (Å²) in [4.78, 5) is 2.10. The molecule has 1 fully saturated rings. The average molecular weight is 261 g/mol. The Morgan fingerprint density at radius 1 is 1.56 bits per heavy atom. The van der Waals surface area contributed by atoms with Crippen molar-refractivity contribution in [3.63, 3.8) is 0 Å². The Bertz CT molecular complexity index is 394. The zero-order chi connectivity index (χ0) is 11.7. The molecule has 5 heteroatoms. The molecular weight excluding hydrogens is 247 g/mol. The Labute approximate surface area is 104 Å². The minimum atomic E-state index is -0.461. The molecule has 0 aliphatic carbocycles. The summed E-state index contributed by atoms with van der Waals surface area (Å²) in [5, 5.41) is 0.127. The summed E-state index contributed by atoms with van der Waals surface area (Å²) >= 11 is 7.70. The Kier molecular flexibility index (Phi) is 3.50. The summed E-state index contributed by atoms with van der Waals surface area (Å²) in [7, 11) is 1.98. The lowest BCUT2D eigenvalue weighted by molar-refractivity contribution is 0.628. The molecule has 0 amide bonds. The number of nitrogens with two attached hydrogens (primary N) is 1. The van der Waals surface area contributed by atoms with Crippen LogP contribution in [0.5, 0.6) is 0 Å². The van der Waals surface area contributed by atoms with Crippen LogP contribution in [0.1, 0.15) is 6.42 Å². The first-order valence-corrected chi connectivity index (χ1v) is 6.68. The molecule has 0 radical (unpaired) electrons. The highest BCUT2D eigenvalue weighted by Crippen LogP contribution is 2.32. The van der Waals surface area contributed by atoms with E-state index in [1.807, 2.05) is 18.8 Å². The zero-order valence-corrected chi connectivity index (χ0v) is 10.6. The summed E-state index contributed by atoms with van der Waals surface area (Å²) in [5.74, 6) is 1.80. The Morgan fingerprint density at radius 3 is 2.94 bits per heavy atom. The monoisotopic (exact) mass is 260 g/mol. The van der Waals surface area contributed by atoms with E-state index in [1.165, 1.54) is 11.8 Å². The van der Waals surface area contributed by atoms with Gasteiger partial charge in [-0.15, -0.1) is 0 Å². The fraction of sp³-hybridized carbons (Fsp3) is 0.455. The number of nitrogens with zero attached hydrogens (tertiary/aromatic N) is 1. The second kappa shape index (κ2) is 4.72. The van der Waals surface area contributed by atoms with Crippen LogP contribution in [-0.4, -0.2) is 24.6 Å². The fourth-order valence-corrected chi connectivity index (χ4v) is 3.31. The first kappa shape index (κ1) is 11.9. The van der Waals surface area contributed by atoms with Crippen LogP contribution in [0, 0.1) is 5.82 Å². The van der Waals surface area contributed by atoms with Crippen LogP contribution in [0.2, 0.25) is 5.02 Å². The van der Waals surface area contributed by atoms with Gasteiger partial charge in [-0.2, -0.15) is 11.8 Å². The number of rotatable bonds is 2. The lowest BCUT2D eigenvalue weighted by Gasteiger charge is -2.27. The molecule has 1 aromatic carbocycles. The molecule has 2 nitrogen and oxygen atoms in total. The zero-order valence-electron chi connectivity index (χ0n) is 9.04. The van der Waals surface area contributed by atoms with E-state index in [9.17, 15) is 4.39 Å². The summed E-state index contributed by atoms with van der Waals surface area (Å²) < 4.78 is 13.2. The van der Waals surface area contributed by atoms with Gasteiger partial charge in [0.05, 0.1) is 16.4 Å². The van der Waals surface area contributed by atoms with E-state index in [1.54, 1.807) is 6.07 Å². The molecule has 2 N–H and O–H groups in total. The number of nitrogen functional groups attached to an aromatic ring is 1. The number of halogens is 2. The van der Waals surface area contributed by atoms with Gasteiger partial charge in [0.1, 0.15) is 5.82 Å². The van der Waals surface area contributed by atoms with Gasteiger partial charge < -0.3 is 10.6 Å². The van der Waals surface area contributed by atoms with E-state index < -0.39 is 5.82 Å². The van der Waals surface area contributed by atoms with Crippen molar-refractivity contribution in [3.8, 4) is 0 Å². The van der Waals surface area contributed by atoms with Gasteiger partial charge in [0, 0.05) is 24.9 Å². The Balaban J connectivity index is 2.28. The van der Waals surface area contributed by atoms with Gasteiger partial charge in [0.15, 0.2) is 0 Å². The van der Waals surface area contributed by atoms with Gasteiger partial charge in [-0.05, 0) is 18.2 Å². The van der Waals surface area contributed by atoms with E-state index in [0.29, 0.717) is 11.7 Å². The van der Waals surface area contributed by atoms with Crippen molar-refractivity contribution >= 4 is 34.7 Å². The molecule has 1 aliphatic rings. The van der Waals surface area contributed by atoms with Crippen molar-refractivity contribution in [1.29, 1.82) is 0 Å². The predicted molar refractivity (Wildman–Crippen MR) is 70.0 cm³/mol. The van der Waals surface area contributed by atoms with Crippen molar-refractivity contribution in [1.82, 2.24) is 0 Å². The molecule has 0 spiro atoms. The van der Waals surface area contributed by atoms with Crippen molar-refractivity contribution in [3.05, 3.63) is 23.0 Å². The quantitative estimate of drug-likeness (QED) is 0.829. The van der Waals surface area contributed by atoms with Crippen molar-refractivity contribution in [2.45, 2.75) is 12.5 Å². The maximum absolute atomic E-state index is 13.2. The molecule has 0 aromatic heterocycles. The molecule has 1 unspecified atom stereocenters. The standard InChI is InChI=1S/C11H14ClFN2S/c1-15(7-2-3-16-6-7)11-4-8(12)9(13)5-10(11)14/h4-5,7H,2-3,6,14H2,1H3. The summed E-state index contributed by atoms with van der Waals surface area (Å²) in [6.45, 7) is 0. The Hall–Kier alpha value is -0.610. The number of anilines is 2. The van der Waals surface area contributed by atoms with Gasteiger partial charge in [-0.3, -0.25) is 0 Å². The van der Waals surface area contributed by atoms with Crippen LogP contribution in [-0.2, 0) is 0 Å².